The largest absolute Gasteiger partial charge is 0.348 e. The maximum absolute atomic E-state index is 12.6. The fraction of sp³-hybridized carbons (Fsp3) is 0.350. The van der Waals surface area contributed by atoms with Crippen LogP contribution in [0.1, 0.15) is 35.2 Å². The van der Waals surface area contributed by atoms with Gasteiger partial charge in [-0.25, -0.2) is 8.42 Å². The summed E-state index contributed by atoms with van der Waals surface area (Å²) in [7, 11) is -3.60. The van der Waals surface area contributed by atoms with Gasteiger partial charge in [-0.05, 0) is 68.1 Å². The van der Waals surface area contributed by atoms with E-state index < -0.39 is 10.0 Å². The van der Waals surface area contributed by atoms with Crippen molar-refractivity contribution >= 4 is 37.5 Å². The fourth-order valence-electron chi connectivity index (χ4n) is 2.98. The molecule has 0 saturated heterocycles. The fourth-order valence-corrected chi connectivity index (χ4v) is 4.21. The predicted molar refractivity (Wildman–Crippen MR) is 114 cm³/mol. The first-order valence-electron chi connectivity index (χ1n) is 8.59. The van der Waals surface area contributed by atoms with Crippen molar-refractivity contribution in [3.05, 3.63) is 63.1 Å². The first-order valence-corrected chi connectivity index (χ1v) is 11.2. The van der Waals surface area contributed by atoms with Gasteiger partial charge in [-0.2, -0.15) is 0 Å². The number of carbonyl (C=O) groups is 1. The van der Waals surface area contributed by atoms with Gasteiger partial charge in [0.25, 0.3) is 0 Å². The minimum absolute atomic E-state index is 0.222. The summed E-state index contributed by atoms with van der Waals surface area (Å²) < 4.78 is 26.3. The van der Waals surface area contributed by atoms with Gasteiger partial charge in [0.2, 0.25) is 15.9 Å². The van der Waals surface area contributed by atoms with Gasteiger partial charge < -0.3 is 5.32 Å². The zero-order chi connectivity index (χ0) is 20.4. The zero-order valence-corrected chi connectivity index (χ0v) is 18.6. The molecule has 1 atom stereocenters. The van der Waals surface area contributed by atoms with Crippen LogP contribution in [0.4, 0.5) is 5.69 Å². The second kappa shape index (κ2) is 8.44. The Morgan fingerprint density at radius 1 is 1.11 bits per heavy atom. The molecule has 0 unspecified atom stereocenters. The Morgan fingerprint density at radius 3 is 2.33 bits per heavy atom. The molecular weight excluding hydrogens is 428 g/mol. The van der Waals surface area contributed by atoms with E-state index in [1.54, 1.807) is 24.3 Å². The van der Waals surface area contributed by atoms with Crippen molar-refractivity contribution in [3.8, 4) is 0 Å². The average Bonchev–Trinajstić information content (AvgIpc) is 2.54. The molecule has 0 saturated carbocycles. The molecule has 0 aliphatic carbocycles. The van der Waals surface area contributed by atoms with E-state index >= 15 is 0 Å². The highest BCUT2D eigenvalue weighted by atomic mass is 79.9. The third-order valence-corrected chi connectivity index (χ3v) is 6.14. The van der Waals surface area contributed by atoms with E-state index in [1.807, 2.05) is 20.8 Å². The molecular formula is C20H25BrN2O3S. The molecule has 2 rings (SSSR count). The van der Waals surface area contributed by atoms with Crippen LogP contribution in [0, 0.1) is 20.8 Å². The summed E-state index contributed by atoms with van der Waals surface area (Å²) in [6, 6.07) is 10.8. The molecule has 0 aliphatic heterocycles. The molecule has 27 heavy (non-hydrogen) atoms. The van der Waals surface area contributed by atoms with E-state index in [9.17, 15) is 13.2 Å². The van der Waals surface area contributed by atoms with E-state index in [-0.39, 0.29) is 18.5 Å². The Balaban J connectivity index is 2.20. The van der Waals surface area contributed by atoms with Crippen molar-refractivity contribution in [1.29, 1.82) is 0 Å². The number of nitrogens with one attached hydrogen (secondary N) is 1. The second-order valence-electron chi connectivity index (χ2n) is 6.83. The van der Waals surface area contributed by atoms with Crippen LogP contribution >= 0.6 is 15.9 Å². The summed E-state index contributed by atoms with van der Waals surface area (Å²) in [6.45, 7) is 7.72. The number of nitrogens with zero attached hydrogens (tertiary/aromatic N) is 1. The summed E-state index contributed by atoms with van der Waals surface area (Å²) >= 11 is 3.33. The van der Waals surface area contributed by atoms with Crippen molar-refractivity contribution < 1.29 is 13.2 Å². The standard InChI is InChI=1S/C20H25BrN2O3S/c1-13-9-15(3)19(10-14(13)2)16(4)22-20(24)12-23(27(5,25)26)18-8-6-7-17(21)11-18/h6-11,16H,12H2,1-5H3,(H,22,24)/t16-/m1/s1. The van der Waals surface area contributed by atoms with Crippen molar-refractivity contribution in [1.82, 2.24) is 5.32 Å². The summed E-state index contributed by atoms with van der Waals surface area (Å²) in [5.41, 5.74) is 4.92. The first-order chi connectivity index (χ1) is 12.5. The van der Waals surface area contributed by atoms with Crippen LogP contribution in [0.2, 0.25) is 0 Å². The summed E-state index contributed by atoms with van der Waals surface area (Å²) in [5.74, 6) is -0.356. The minimum atomic E-state index is -3.60. The van der Waals surface area contributed by atoms with Crippen molar-refractivity contribution in [3.63, 3.8) is 0 Å². The molecule has 0 heterocycles. The molecule has 5 nitrogen and oxygen atoms in total. The van der Waals surface area contributed by atoms with E-state index in [4.69, 9.17) is 0 Å². The van der Waals surface area contributed by atoms with Crippen molar-refractivity contribution in [2.75, 3.05) is 17.1 Å². The molecule has 1 amide bonds. The molecule has 7 heteroatoms. The van der Waals surface area contributed by atoms with Crippen molar-refractivity contribution in [2.45, 2.75) is 33.7 Å². The molecule has 0 fully saturated rings. The van der Waals surface area contributed by atoms with Crippen LogP contribution in [0.5, 0.6) is 0 Å². The lowest BCUT2D eigenvalue weighted by molar-refractivity contribution is -0.120. The summed E-state index contributed by atoms with van der Waals surface area (Å²) in [5, 5.41) is 2.91. The van der Waals surface area contributed by atoms with Crippen LogP contribution in [-0.4, -0.2) is 27.1 Å². The average molecular weight is 453 g/mol. The Labute approximate surface area is 170 Å². The number of anilines is 1. The number of sulfonamides is 1. The van der Waals surface area contributed by atoms with Gasteiger partial charge in [0.15, 0.2) is 0 Å². The number of halogens is 1. The molecule has 2 aromatic carbocycles. The highest BCUT2D eigenvalue weighted by Crippen LogP contribution is 2.23. The number of hydrogen-bond acceptors (Lipinski definition) is 3. The maximum atomic E-state index is 12.6. The van der Waals surface area contributed by atoms with Crippen molar-refractivity contribution in [2.24, 2.45) is 0 Å². The van der Waals surface area contributed by atoms with E-state index in [0.717, 1.165) is 31.7 Å². The Bertz CT molecular complexity index is 958. The third kappa shape index (κ3) is 5.56. The summed E-state index contributed by atoms with van der Waals surface area (Å²) in [6.07, 6.45) is 1.10. The lowest BCUT2D eigenvalue weighted by Crippen LogP contribution is -2.41. The third-order valence-electron chi connectivity index (χ3n) is 4.51. The Morgan fingerprint density at radius 2 is 1.74 bits per heavy atom. The van der Waals surface area contributed by atoms with Crippen LogP contribution < -0.4 is 9.62 Å². The smallest absolute Gasteiger partial charge is 0.241 e. The van der Waals surface area contributed by atoms with Gasteiger partial charge in [-0.3, -0.25) is 9.10 Å². The maximum Gasteiger partial charge on any atom is 0.241 e. The highest BCUT2D eigenvalue weighted by molar-refractivity contribution is 9.10. The SMILES string of the molecule is Cc1cc(C)c([C@@H](C)NC(=O)CN(c2cccc(Br)c2)S(C)(=O)=O)cc1C. The van der Waals surface area contributed by atoms with Crippen LogP contribution in [-0.2, 0) is 14.8 Å². The molecule has 2 aromatic rings. The van der Waals surface area contributed by atoms with E-state index in [1.165, 1.54) is 5.56 Å². The lowest BCUT2D eigenvalue weighted by Gasteiger charge is -2.24. The Hall–Kier alpha value is -1.86. The molecule has 0 bridgehead atoms. The lowest BCUT2D eigenvalue weighted by atomic mass is 9.96. The van der Waals surface area contributed by atoms with Crippen LogP contribution in [0.3, 0.4) is 0 Å². The van der Waals surface area contributed by atoms with E-state index in [2.05, 4.69) is 40.3 Å². The second-order valence-corrected chi connectivity index (χ2v) is 9.65. The Kier molecular flexibility index (Phi) is 6.70. The molecule has 0 aromatic heterocycles. The number of amides is 1. The van der Waals surface area contributed by atoms with Gasteiger partial charge in [0.1, 0.15) is 6.54 Å². The topological polar surface area (TPSA) is 66.5 Å². The van der Waals surface area contributed by atoms with Gasteiger partial charge >= 0.3 is 0 Å². The van der Waals surface area contributed by atoms with Crippen LogP contribution in [0.25, 0.3) is 0 Å². The predicted octanol–water partition coefficient (Wildman–Crippen LogP) is 4.02. The minimum Gasteiger partial charge on any atom is -0.348 e. The summed E-state index contributed by atoms with van der Waals surface area (Å²) in [4.78, 5) is 12.6. The molecule has 1 N–H and O–H groups in total. The highest BCUT2D eigenvalue weighted by Gasteiger charge is 2.22. The van der Waals surface area contributed by atoms with Gasteiger partial charge in [0.05, 0.1) is 18.0 Å². The quantitative estimate of drug-likeness (QED) is 0.719. The number of benzene rings is 2. The van der Waals surface area contributed by atoms with E-state index in [0.29, 0.717) is 5.69 Å². The van der Waals surface area contributed by atoms with Gasteiger partial charge in [-0.15, -0.1) is 0 Å². The molecule has 0 radical (unpaired) electrons. The number of hydrogen-bond donors (Lipinski definition) is 1. The van der Waals surface area contributed by atoms with Gasteiger partial charge in [-0.1, -0.05) is 34.1 Å². The normalized spacial score (nSPS) is 12.5. The van der Waals surface area contributed by atoms with Gasteiger partial charge in [0, 0.05) is 4.47 Å². The molecule has 0 aliphatic rings. The van der Waals surface area contributed by atoms with Crippen LogP contribution in [0.15, 0.2) is 40.9 Å². The molecule has 0 spiro atoms. The number of carbonyl (C=O) groups excluding carboxylic acids is 1. The number of aryl methyl sites for hydroxylation is 3. The first kappa shape index (κ1) is 21.4. The molecule has 146 valence electrons. The monoisotopic (exact) mass is 452 g/mol. The zero-order valence-electron chi connectivity index (χ0n) is 16.2. The number of rotatable bonds is 6.